The summed E-state index contributed by atoms with van der Waals surface area (Å²) in [5, 5.41) is 23.1. The maximum atomic E-state index is 9.01. The van der Waals surface area contributed by atoms with Gasteiger partial charge in [-0.25, -0.2) is 0 Å². The Morgan fingerprint density at radius 1 is 1.62 bits per heavy atom. The van der Waals surface area contributed by atoms with Gasteiger partial charge in [0.25, 0.3) is 0 Å². The lowest BCUT2D eigenvalue weighted by atomic mass is 10.3. The highest BCUT2D eigenvalue weighted by atomic mass is 35.5. The van der Waals surface area contributed by atoms with Crippen molar-refractivity contribution >= 4 is 22.9 Å². The summed E-state index contributed by atoms with van der Waals surface area (Å²) < 4.78 is 0. The highest BCUT2D eigenvalue weighted by molar-refractivity contribution is 7.10. The van der Waals surface area contributed by atoms with Crippen LogP contribution in [0.2, 0.25) is 5.02 Å². The summed E-state index contributed by atoms with van der Waals surface area (Å²) in [6, 6.07) is 1.88. The highest BCUT2D eigenvalue weighted by Gasteiger charge is 2.01. The zero-order valence-electron chi connectivity index (χ0n) is 7.03. The Bertz CT molecular complexity index is 254. The van der Waals surface area contributed by atoms with Gasteiger partial charge in [-0.1, -0.05) is 11.6 Å². The van der Waals surface area contributed by atoms with E-state index in [9.17, 15) is 0 Å². The molecule has 3 nitrogen and oxygen atoms in total. The predicted molar refractivity (Wildman–Crippen MR) is 54.1 cm³/mol. The summed E-state index contributed by atoms with van der Waals surface area (Å²) in [6.07, 6.45) is -0.685. The zero-order valence-corrected chi connectivity index (χ0v) is 8.61. The van der Waals surface area contributed by atoms with Crippen molar-refractivity contribution in [2.45, 2.75) is 12.6 Å². The fourth-order valence-electron chi connectivity index (χ4n) is 0.873. The van der Waals surface area contributed by atoms with E-state index in [2.05, 4.69) is 5.32 Å². The van der Waals surface area contributed by atoms with Crippen LogP contribution in [0.3, 0.4) is 0 Å². The molecule has 3 N–H and O–H groups in total. The smallest absolute Gasteiger partial charge is 0.0895 e. The summed E-state index contributed by atoms with van der Waals surface area (Å²) >= 11 is 7.29. The van der Waals surface area contributed by atoms with Crippen molar-refractivity contribution < 1.29 is 10.2 Å². The van der Waals surface area contributed by atoms with Crippen LogP contribution in [0.4, 0.5) is 0 Å². The van der Waals surface area contributed by atoms with Gasteiger partial charge in [0, 0.05) is 23.3 Å². The molecule has 0 fully saturated rings. The van der Waals surface area contributed by atoms with E-state index < -0.39 is 6.10 Å². The number of halogens is 1. The third-order valence-electron chi connectivity index (χ3n) is 1.51. The van der Waals surface area contributed by atoms with Crippen molar-refractivity contribution in [3.63, 3.8) is 0 Å². The van der Waals surface area contributed by atoms with E-state index in [0.29, 0.717) is 13.1 Å². The van der Waals surface area contributed by atoms with E-state index in [4.69, 9.17) is 21.8 Å². The molecule has 1 rings (SSSR count). The molecule has 13 heavy (non-hydrogen) atoms. The van der Waals surface area contributed by atoms with Gasteiger partial charge in [-0.3, -0.25) is 0 Å². The standard InChI is InChI=1S/C8H12ClNO2S/c9-6-1-8(13-5-6)3-10-2-7(12)4-11/h1,5,7,10-12H,2-4H2. The molecule has 1 unspecified atom stereocenters. The van der Waals surface area contributed by atoms with Crippen LogP contribution in [0, 0.1) is 0 Å². The summed E-state index contributed by atoms with van der Waals surface area (Å²) in [7, 11) is 0. The molecule has 0 radical (unpaired) electrons. The van der Waals surface area contributed by atoms with Crippen LogP contribution in [-0.4, -0.2) is 29.5 Å². The van der Waals surface area contributed by atoms with Crippen LogP contribution in [0.15, 0.2) is 11.4 Å². The second kappa shape index (κ2) is 5.57. The maximum absolute atomic E-state index is 9.01. The Morgan fingerprint density at radius 3 is 2.92 bits per heavy atom. The van der Waals surface area contributed by atoms with E-state index in [-0.39, 0.29) is 6.61 Å². The van der Waals surface area contributed by atoms with Crippen LogP contribution in [0.1, 0.15) is 4.88 Å². The van der Waals surface area contributed by atoms with Gasteiger partial charge in [0.15, 0.2) is 0 Å². The van der Waals surface area contributed by atoms with Crippen molar-refractivity contribution in [2.24, 2.45) is 0 Å². The van der Waals surface area contributed by atoms with Crippen LogP contribution in [0.5, 0.6) is 0 Å². The predicted octanol–water partition coefficient (Wildman–Crippen LogP) is 0.844. The largest absolute Gasteiger partial charge is 0.394 e. The second-order valence-electron chi connectivity index (χ2n) is 2.70. The lowest BCUT2D eigenvalue weighted by molar-refractivity contribution is 0.0943. The molecule has 0 saturated heterocycles. The minimum Gasteiger partial charge on any atom is -0.394 e. The minimum absolute atomic E-state index is 0.210. The minimum atomic E-state index is -0.685. The number of aliphatic hydroxyl groups is 2. The third kappa shape index (κ3) is 4.06. The third-order valence-corrected chi connectivity index (χ3v) is 2.80. The fraction of sp³-hybridized carbons (Fsp3) is 0.500. The number of rotatable bonds is 5. The number of nitrogens with one attached hydrogen (secondary N) is 1. The molecule has 0 aliphatic rings. The Labute approximate surface area is 86.0 Å². The molecular formula is C8H12ClNO2S. The van der Waals surface area contributed by atoms with Crippen molar-refractivity contribution in [3.05, 3.63) is 21.3 Å². The zero-order chi connectivity index (χ0) is 9.68. The van der Waals surface area contributed by atoms with Gasteiger partial charge >= 0.3 is 0 Å². The number of hydrogen-bond donors (Lipinski definition) is 3. The monoisotopic (exact) mass is 221 g/mol. The molecule has 0 aliphatic heterocycles. The number of hydrogen-bond acceptors (Lipinski definition) is 4. The number of thiophene rings is 1. The summed E-state index contributed by atoms with van der Waals surface area (Å²) in [5.74, 6) is 0. The van der Waals surface area contributed by atoms with Gasteiger partial charge < -0.3 is 15.5 Å². The fourth-order valence-corrected chi connectivity index (χ4v) is 1.92. The van der Waals surface area contributed by atoms with Gasteiger partial charge in [-0.2, -0.15) is 0 Å². The highest BCUT2D eigenvalue weighted by Crippen LogP contribution is 2.18. The van der Waals surface area contributed by atoms with E-state index >= 15 is 0 Å². The average Bonchev–Trinajstić information content (AvgIpc) is 2.51. The van der Waals surface area contributed by atoms with Gasteiger partial charge in [-0.15, -0.1) is 11.3 Å². The quantitative estimate of drug-likeness (QED) is 0.691. The summed E-state index contributed by atoms with van der Waals surface area (Å²) in [6.45, 7) is 0.860. The Balaban J connectivity index is 2.20. The van der Waals surface area contributed by atoms with E-state index in [1.807, 2.05) is 11.4 Å². The molecule has 0 aliphatic carbocycles. The van der Waals surface area contributed by atoms with Crippen LogP contribution in [-0.2, 0) is 6.54 Å². The van der Waals surface area contributed by atoms with Crippen molar-refractivity contribution in [3.8, 4) is 0 Å². The maximum Gasteiger partial charge on any atom is 0.0895 e. The molecule has 74 valence electrons. The molecule has 1 aromatic heterocycles. The molecule has 1 aromatic rings. The summed E-state index contributed by atoms with van der Waals surface area (Å²) in [5.41, 5.74) is 0. The SMILES string of the molecule is OCC(O)CNCc1cc(Cl)cs1. The molecule has 1 atom stereocenters. The summed E-state index contributed by atoms with van der Waals surface area (Å²) in [4.78, 5) is 1.12. The van der Waals surface area contributed by atoms with Gasteiger partial charge in [0.1, 0.15) is 0 Å². The topological polar surface area (TPSA) is 52.5 Å². The first kappa shape index (κ1) is 10.9. The van der Waals surface area contributed by atoms with Crippen LogP contribution in [0.25, 0.3) is 0 Å². The Kier molecular flexibility index (Phi) is 4.69. The van der Waals surface area contributed by atoms with Gasteiger partial charge in [0.2, 0.25) is 0 Å². The first-order valence-corrected chi connectivity index (χ1v) is 5.20. The second-order valence-corrected chi connectivity index (χ2v) is 4.13. The lowest BCUT2D eigenvalue weighted by Gasteiger charge is -2.07. The molecule has 1 heterocycles. The average molecular weight is 222 g/mol. The Morgan fingerprint density at radius 2 is 2.38 bits per heavy atom. The molecule has 0 saturated carbocycles. The normalized spacial score (nSPS) is 13.2. The van der Waals surface area contributed by atoms with Crippen molar-refractivity contribution in [1.29, 1.82) is 0 Å². The van der Waals surface area contributed by atoms with Gasteiger partial charge in [0.05, 0.1) is 17.7 Å². The van der Waals surface area contributed by atoms with Crippen LogP contribution < -0.4 is 5.32 Å². The van der Waals surface area contributed by atoms with Crippen molar-refractivity contribution in [2.75, 3.05) is 13.2 Å². The molecule has 0 aromatic carbocycles. The number of aliphatic hydroxyl groups excluding tert-OH is 2. The first-order chi connectivity index (χ1) is 6.22. The van der Waals surface area contributed by atoms with E-state index in [0.717, 1.165) is 9.90 Å². The van der Waals surface area contributed by atoms with Crippen LogP contribution >= 0.6 is 22.9 Å². The van der Waals surface area contributed by atoms with E-state index in [1.54, 1.807) is 11.3 Å². The molecular weight excluding hydrogens is 210 g/mol. The molecule has 0 amide bonds. The van der Waals surface area contributed by atoms with Gasteiger partial charge in [-0.05, 0) is 6.07 Å². The lowest BCUT2D eigenvalue weighted by Crippen LogP contribution is -2.28. The molecule has 0 spiro atoms. The molecule has 5 heteroatoms. The Hall–Kier alpha value is -0.130. The van der Waals surface area contributed by atoms with E-state index in [1.165, 1.54) is 0 Å². The molecule has 0 bridgehead atoms. The van der Waals surface area contributed by atoms with Crippen molar-refractivity contribution in [1.82, 2.24) is 5.32 Å². The first-order valence-electron chi connectivity index (χ1n) is 3.95.